The lowest BCUT2D eigenvalue weighted by atomic mass is 9.74. The van der Waals surface area contributed by atoms with E-state index in [-0.39, 0.29) is 0 Å². The van der Waals surface area contributed by atoms with Gasteiger partial charge in [-0.1, -0.05) is 72.8 Å². The number of piperidine rings is 1. The molecule has 0 bridgehead atoms. The maximum atomic E-state index is 3.96. The standard InChI is InChI=1S/C30H34N2/c1-4-10-26-23(7-1)13-14-24-8-2-5-11-27(24)29(26)31-19-22-32-20-17-30(18-21-32)16-15-25-9-3-6-12-28(25)30/h1-12,29,31H,13-22H2. The van der Waals surface area contributed by atoms with Crippen molar-refractivity contribution >= 4 is 0 Å². The fourth-order valence-electron chi connectivity index (χ4n) is 6.60. The van der Waals surface area contributed by atoms with E-state index in [0.29, 0.717) is 11.5 Å². The molecule has 1 fully saturated rings. The van der Waals surface area contributed by atoms with Crippen LogP contribution in [0, 0.1) is 0 Å². The van der Waals surface area contributed by atoms with E-state index in [4.69, 9.17) is 0 Å². The van der Waals surface area contributed by atoms with E-state index in [1.165, 1.54) is 61.0 Å². The van der Waals surface area contributed by atoms with E-state index in [0.717, 1.165) is 25.9 Å². The lowest BCUT2D eigenvalue weighted by Crippen LogP contribution is -2.44. The van der Waals surface area contributed by atoms with Crippen molar-refractivity contribution in [3.63, 3.8) is 0 Å². The molecule has 1 spiro atoms. The number of aryl methyl sites for hydroxylation is 3. The van der Waals surface area contributed by atoms with Crippen molar-refractivity contribution in [3.05, 3.63) is 106 Å². The highest BCUT2D eigenvalue weighted by Crippen LogP contribution is 2.46. The Hall–Kier alpha value is -2.42. The predicted molar refractivity (Wildman–Crippen MR) is 132 cm³/mol. The first-order valence-corrected chi connectivity index (χ1v) is 12.5. The monoisotopic (exact) mass is 422 g/mol. The summed E-state index contributed by atoms with van der Waals surface area (Å²) in [7, 11) is 0. The fourth-order valence-corrected chi connectivity index (χ4v) is 6.60. The summed E-state index contributed by atoms with van der Waals surface area (Å²) in [5.74, 6) is 0. The molecule has 0 unspecified atom stereocenters. The molecular formula is C30H34N2. The smallest absolute Gasteiger partial charge is 0.0582 e. The molecule has 1 aliphatic heterocycles. The lowest BCUT2D eigenvalue weighted by Gasteiger charge is -2.40. The highest BCUT2D eigenvalue weighted by molar-refractivity contribution is 5.44. The molecule has 0 atom stereocenters. The molecule has 2 heteroatoms. The predicted octanol–water partition coefficient (Wildman–Crippen LogP) is 5.44. The number of nitrogens with zero attached hydrogens (tertiary/aromatic N) is 1. The highest BCUT2D eigenvalue weighted by atomic mass is 15.1. The third-order valence-electron chi connectivity index (χ3n) is 8.45. The van der Waals surface area contributed by atoms with Crippen molar-refractivity contribution in [3.8, 4) is 0 Å². The maximum Gasteiger partial charge on any atom is 0.0582 e. The van der Waals surface area contributed by atoms with Crippen LogP contribution < -0.4 is 5.32 Å². The molecule has 2 aliphatic carbocycles. The van der Waals surface area contributed by atoms with E-state index >= 15 is 0 Å². The maximum absolute atomic E-state index is 3.96. The van der Waals surface area contributed by atoms with Gasteiger partial charge in [0.15, 0.2) is 0 Å². The van der Waals surface area contributed by atoms with Gasteiger partial charge in [0.2, 0.25) is 0 Å². The normalized spacial score (nSPS) is 19.9. The average Bonchev–Trinajstić information content (AvgIpc) is 3.12. The summed E-state index contributed by atoms with van der Waals surface area (Å²) >= 11 is 0. The van der Waals surface area contributed by atoms with Crippen LogP contribution >= 0.6 is 0 Å². The molecule has 1 heterocycles. The zero-order chi connectivity index (χ0) is 21.4. The summed E-state index contributed by atoms with van der Waals surface area (Å²) in [5, 5.41) is 3.96. The molecule has 1 N–H and O–H groups in total. The second-order valence-electron chi connectivity index (χ2n) is 10.1. The minimum Gasteiger partial charge on any atom is -0.305 e. The van der Waals surface area contributed by atoms with E-state index in [9.17, 15) is 0 Å². The molecule has 3 aromatic carbocycles. The van der Waals surface area contributed by atoms with Gasteiger partial charge >= 0.3 is 0 Å². The van der Waals surface area contributed by atoms with Gasteiger partial charge in [0, 0.05) is 13.1 Å². The molecule has 6 rings (SSSR count). The molecule has 1 saturated heterocycles. The third kappa shape index (κ3) is 3.60. The van der Waals surface area contributed by atoms with Crippen molar-refractivity contribution in [2.24, 2.45) is 0 Å². The van der Waals surface area contributed by atoms with Crippen LogP contribution in [0.25, 0.3) is 0 Å². The number of benzene rings is 3. The Kier molecular flexibility index (Phi) is 5.37. The fraction of sp³-hybridized carbons (Fsp3) is 0.400. The first-order chi connectivity index (χ1) is 15.8. The first-order valence-electron chi connectivity index (χ1n) is 12.5. The molecule has 32 heavy (non-hydrogen) atoms. The molecule has 0 radical (unpaired) electrons. The van der Waals surface area contributed by atoms with Gasteiger partial charge < -0.3 is 10.2 Å². The van der Waals surface area contributed by atoms with E-state index in [1.54, 1.807) is 11.1 Å². The quantitative estimate of drug-likeness (QED) is 0.602. The number of hydrogen-bond acceptors (Lipinski definition) is 2. The van der Waals surface area contributed by atoms with Crippen molar-refractivity contribution < 1.29 is 0 Å². The lowest BCUT2D eigenvalue weighted by molar-refractivity contribution is 0.158. The summed E-state index contributed by atoms with van der Waals surface area (Å²) < 4.78 is 0. The average molecular weight is 423 g/mol. The van der Waals surface area contributed by atoms with Gasteiger partial charge in [-0.3, -0.25) is 0 Å². The Morgan fingerprint density at radius 2 is 1.28 bits per heavy atom. The minimum absolute atomic E-state index is 0.308. The largest absolute Gasteiger partial charge is 0.305 e. The molecule has 2 nitrogen and oxygen atoms in total. The zero-order valence-electron chi connectivity index (χ0n) is 19.0. The Labute approximate surface area is 192 Å². The molecule has 0 amide bonds. The second kappa shape index (κ2) is 8.50. The molecule has 0 aromatic heterocycles. The Balaban J connectivity index is 1.12. The number of rotatable bonds is 4. The van der Waals surface area contributed by atoms with Crippen LogP contribution in [-0.2, 0) is 24.7 Å². The van der Waals surface area contributed by atoms with Gasteiger partial charge in [0.05, 0.1) is 6.04 Å². The van der Waals surface area contributed by atoms with Crippen LogP contribution in [0.5, 0.6) is 0 Å². The van der Waals surface area contributed by atoms with Gasteiger partial charge in [-0.2, -0.15) is 0 Å². The number of likely N-dealkylation sites (tertiary alicyclic amines) is 1. The summed E-state index contributed by atoms with van der Waals surface area (Å²) in [4.78, 5) is 2.69. The number of hydrogen-bond donors (Lipinski definition) is 1. The SMILES string of the molecule is c1ccc2c(c1)CCc1ccccc1C2NCCN1CCC2(CCc3ccccc32)CC1. The molecular weight excluding hydrogens is 388 g/mol. The van der Waals surface area contributed by atoms with Gasteiger partial charge in [-0.15, -0.1) is 0 Å². The summed E-state index contributed by atoms with van der Waals surface area (Å²) in [6.45, 7) is 4.64. The summed E-state index contributed by atoms with van der Waals surface area (Å²) in [5.41, 5.74) is 9.66. The van der Waals surface area contributed by atoms with Crippen LogP contribution in [0.3, 0.4) is 0 Å². The molecule has 3 aromatic rings. The van der Waals surface area contributed by atoms with E-state index in [2.05, 4.69) is 83.0 Å². The van der Waals surface area contributed by atoms with Crippen LogP contribution in [0.4, 0.5) is 0 Å². The minimum atomic E-state index is 0.308. The molecule has 3 aliphatic rings. The van der Waals surface area contributed by atoms with E-state index in [1.807, 2.05) is 0 Å². The van der Waals surface area contributed by atoms with Crippen molar-refractivity contribution in [1.82, 2.24) is 10.2 Å². The topological polar surface area (TPSA) is 15.3 Å². The highest BCUT2D eigenvalue weighted by Gasteiger charge is 2.40. The van der Waals surface area contributed by atoms with Gasteiger partial charge in [0.25, 0.3) is 0 Å². The molecule has 164 valence electrons. The zero-order valence-corrected chi connectivity index (χ0v) is 19.0. The third-order valence-corrected chi connectivity index (χ3v) is 8.45. The van der Waals surface area contributed by atoms with Crippen molar-refractivity contribution in [2.75, 3.05) is 26.2 Å². The molecule has 0 saturated carbocycles. The second-order valence-corrected chi connectivity index (χ2v) is 10.1. The van der Waals surface area contributed by atoms with Crippen LogP contribution in [0.1, 0.15) is 58.7 Å². The van der Waals surface area contributed by atoms with Crippen LogP contribution in [0.15, 0.2) is 72.8 Å². The summed E-state index contributed by atoms with van der Waals surface area (Å²) in [6, 6.07) is 27.6. The van der Waals surface area contributed by atoms with E-state index < -0.39 is 0 Å². The van der Waals surface area contributed by atoms with Crippen molar-refractivity contribution in [2.45, 2.75) is 50.0 Å². The first kappa shape index (κ1) is 20.2. The van der Waals surface area contributed by atoms with Gasteiger partial charge in [-0.05, 0) is 90.4 Å². The number of fused-ring (bicyclic) bond motifs is 4. The van der Waals surface area contributed by atoms with Crippen molar-refractivity contribution in [1.29, 1.82) is 0 Å². The van der Waals surface area contributed by atoms with Gasteiger partial charge in [-0.25, -0.2) is 0 Å². The van der Waals surface area contributed by atoms with Crippen LogP contribution in [-0.4, -0.2) is 31.1 Å². The Morgan fingerprint density at radius 3 is 1.97 bits per heavy atom. The van der Waals surface area contributed by atoms with Gasteiger partial charge in [0.1, 0.15) is 0 Å². The Morgan fingerprint density at radius 1 is 0.688 bits per heavy atom. The van der Waals surface area contributed by atoms with Crippen LogP contribution in [0.2, 0.25) is 0 Å². The summed E-state index contributed by atoms with van der Waals surface area (Å²) in [6.07, 6.45) is 7.55. The number of nitrogens with one attached hydrogen (secondary N) is 1. The Bertz CT molecular complexity index is 1050.